The molecule has 4 heteroatoms. The van der Waals surface area contributed by atoms with Gasteiger partial charge in [-0.2, -0.15) is 0 Å². The first-order chi connectivity index (χ1) is 21.4. The summed E-state index contributed by atoms with van der Waals surface area (Å²) in [6.07, 6.45) is 0. The number of aromatic nitrogens is 2. The van der Waals surface area contributed by atoms with Crippen molar-refractivity contribution in [1.82, 2.24) is 9.97 Å². The van der Waals surface area contributed by atoms with Crippen molar-refractivity contribution in [1.29, 1.82) is 0 Å². The molecule has 0 aliphatic heterocycles. The van der Waals surface area contributed by atoms with Crippen molar-refractivity contribution in [3.05, 3.63) is 152 Å². The molecule has 6 aromatic carbocycles. The van der Waals surface area contributed by atoms with Gasteiger partial charge in [-0.1, -0.05) is 140 Å². The first-order valence-corrected chi connectivity index (χ1v) is 17.3. The van der Waals surface area contributed by atoms with Crippen molar-refractivity contribution in [2.24, 2.45) is 0 Å². The zero-order valence-corrected chi connectivity index (χ0v) is 25.6. The van der Waals surface area contributed by atoms with Gasteiger partial charge in [-0.25, -0.2) is 9.97 Å². The van der Waals surface area contributed by atoms with Crippen LogP contribution in [0.2, 0.25) is 0 Å². The minimum atomic E-state index is -2.36. The third-order valence-electron chi connectivity index (χ3n) is 8.02. The Morgan fingerprint density at radius 1 is 0.432 bits per heavy atom. The Labute approximate surface area is 258 Å². The van der Waals surface area contributed by atoms with Crippen LogP contribution in [-0.4, -0.2) is 23.3 Å². The van der Waals surface area contributed by atoms with E-state index in [9.17, 15) is 4.57 Å². The monoisotopic (exact) mass is 586 g/mol. The molecule has 0 spiro atoms. The summed E-state index contributed by atoms with van der Waals surface area (Å²) < 4.78 is 12.8. The molecule has 0 unspecified atom stereocenters. The van der Waals surface area contributed by atoms with Gasteiger partial charge in [0.15, 0.2) is 5.82 Å². The van der Waals surface area contributed by atoms with Crippen LogP contribution < -0.4 is 5.30 Å². The standard InChI is InChI=1S/C40H31N2OP/c1-44(2,43)33-17-11-16-32(26-33)35-25-24-34(36-18-9-10-19-37(35)36)28-20-22-30(23-21-28)39-27-38(29-12-5-3-6-13-29)41-40(42-39)31-14-7-4-8-15-31/h3-27H,1-2H3. The fraction of sp³-hybridized carbons (Fsp3) is 0.0500. The van der Waals surface area contributed by atoms with Crippen molar-refractivity contribution >= 4 is 23.2 Å². The molecule has 0 bridgehead atoms. The van der Waals surface area contributed by atoms with Crippen LogP contribution in [0.4, 0.5) is 0 Å². The van der Waals surface area contributed by atoms with Crippen molar-refractivity contribution in [2.45, 2.75) is 0 Å². The predicted octanol–water partition coefficient (Wildman–Crippen LogP) is 10.2. The van der Waals surface area contributed by atoms with Crippen LogP contribution >= 0.6 is 7.14 Å². The Kier molecular flexibility index (Phi) is 7.26. The highest BCUT2D eigenvalue weighted by atomic mass is 31.2. The van der Waals surface area contributed by atoms with E-state index in [4.69, 9.17) is 9.97 Å². The molecule has 1 heterocycles. The number of nitrogens with zero attached hydrogens (tertiary/aromatic N) is 2. The first-order valence-electron chi connectivity index (χ1n) is 14.7. The van der Waals surface area contributed by atoms with Crippen LogP contribution in [0.1, 0.15) is 0 Å². The van der Waals surface area contributed by atoms with Crippen LogP contribution in [0, 0.1) is 0 Å². The lowest BCUT2D eigenvalue weighted by atomic mass is 9.91. The molecule has 0 aliphatic rings. The zero-order chi connectivity index (χ0) is 30.1. The van der Waals surface area contributed by atoms with Crippen molar-refractivity contribution in [3.8, 4) is 56.2 Å². The number of rotatable bonds is 6. The van der Waals surface area contributed by atoms with E-state index in [0.29, 0.717) is 5.82 Å². The summed E-state index contributed by atoms with van der Waals surface area (Å²) in [6.45, 7) is 3.65. The van der Waals surface area contributed by atoms with Gasteiger partial charge in [0.05, 0.1) is 11.4 Å². The van der Waals surface area contributed by atoms with Gasteiger partial charge in [-0.05, 0) is 58.5 Å². The summed E-state index contributed by atoms with van der Waals surface area (Å²) in [4.78, 5) is 9.91. The molecule has 0 saturated heterocycles. The molecule has 3 nitrogen and oxygen atoms in total. The number of hydrogen-bond donors (Lipinski definition) is 0. The average Bonchev–Trinajstić information content (AvgIpc) is 3.08. The van der Waals surface area contributed by atoms with Crippen LogP contribution in [0.3, 0.4) is 0 Å². The number of benzene rings is 6. The molecule has 0 saturated carbocycles. The Morgan fingerprint density at radius 3 is 1.50 bits per heavy atom. The van der Waals surface area contributed by atoms with E-state index in [1.807, 2.05) is 74.0 Å². The van der Waals surface area contributed by atoms with Gasteiger partial charge in [-0.15, -0.1) is 0 Å². The second-order valence-corrected chi connectivity index (χ2v) is 14.6. The lowest BCUT2D eigenvalue weighted by Gasteiger charge is -2.14. The lowest BCUT2D eigenvalue weighted by molar-refractivity contribution is 0.588. The largest absolute Gasteiger partial charge is 0.319 e. The lowest BCUT2D eigenvalue weighted by Crippen LogP contribution is -2.02. The summed E-state index contributed by atoms with van der Waals surface area (Å²) in [5.41, 5.74) is 9.38. The Morgan fingerprint density at radius 2 is 0.909 bits per heavy atom. The van der Waals surface area contributed by atoms with E-state index in [0.717, 1.165) is 50.1 Å². The average molecular weight is 587 g/mol. The third kappa shape index (κ3) is 5.51. The fourth-order valence-corrected chi connectivity index (χ4v) is 6.59. The minimum absolute atomic E-state index is 0.708. The quantitative estimate of drug-likeness (QED) is 0.182. The van der Waals surface area contributed by atoms with Gasteiger partial charge >= 0.3 is 0 Å². The summed E-state index contributed by atoms with van der Waals surface area (Å²) in [5.74, 6) is 0.708. The molecule has 1 aromatic heterocycles. The Hall–Kier alpha value is -5.11. The Balaban J connectivity index is 1.29. The Bertz CT molecular complexity index is 2090. The molecule has 44 heavy (non-hydrogen) atoms. The highest BCUT2D eigenvalue weighted by molar-refractivity contribution is 7.70. The fourth-order valence-electron chi connectivity index (χ4n) is 5.70. The van der Waals surface area contributed by atoms with Gasteiger partial charge in [0.1, 0.15) is 7.14 Å². The van der Waals surface area contributed by atoms with Gasteiger partial charge < -0.3 is 4.57 Å². The molecule has 0 radical (unpaired) electrons. The predicted molar refractivity (Wildman–Crippen MR) is 186 cm³/mol. The van der Waals surface area contributed by atoms with E-state index in [-0.39, 0.29) is 0 Å². The maximum absolute atomic E-state index is 12.8. The van der Waals surface area contributed by atoms with E-state index in [1.165, 1.54) is 16.3 Å². The summed E-state index contributed by atoms with van der Waals surface area (Å²) in [6, 6.07) is 52.1. The van der Waals surface area contributed by atoms with E-state index in [1.54, 1.807) is 0 Å². The van der Waals surface area contributed by atoms with E-state index >= 15 is 0 Å². The molecule has 0 fully saturated rings. The molecule has 0 N–H and O–H groups in total. The van der Waals surface area contributed by atoms with Crippen molar-refractivity contribution in [3.63, 3.8) is 0 Å². The van der Waals surface area contributed by atoms with Crippen LogP contribution in [0.5, 0.6) is 0 Å². The van der Waals surface area contributed by atoms with Gasteiger partial charge in [0.25, 0.3) is 0 Å². The first kappa shape index (κ1) is 27.7. The van der Waals surface area contributed by atoms with E-state index < -0.39 is 7.14 Å². The topological polar surface area (TPSA) is 42.9 Å². The number of hydrogen-bond acceptors (Lipinski definition) is 3. The highest BCUT2D eigenvalue weighted by Crippen LogP contribution is 2.39. The molecule has 7 aromatic rings. The number of fused-ring (bicyclic) bond motifs is 1. The van der Waals surface area contributed by atoms with Crippen LogP contribution in [-0.2, 0) is 4.57 Å². The van der Waals surface area contributed by atoms with E-state index in [2.05, 4.69) is 91.0 Å². The molecule has 7 rings (SSSR count). The maximum Gasteiger partial charge on any atom is 0.160 e. The molecule has 0 amide bonds. The van der Waals surface area contributed by atoms with Gasteiger partial charge in [0.2, 0.25) is 0 Å². The second-order valence-electron chi connectivity index (χ2n) is 11.4. The molecule has 0 aliphatic carbocycles. The summed E-state index contributed by atoms with van der Waals surface area (Å²) >= 11 is 0. The molecular weight excluding hydrogens is 555 g/mol. The SMILES string of the molecule is CP(C)(=O)c1cccc(-c2ccc(-c3ccc(-c4cc(-c5ccccc5)nc(-c5ccccc5)n4)cc3)c3ccccc23)c1. The summed E-state index contributed by atoms with van der Waals surface area (Å²) in [7, 11) is -2.36. The van der Waals surface area contributed by atoms with Crippen LogP contribution in [0.15, 0.2) is 152 Å². The summed E-state index contributed by atoms with van der Waals surface area (Å²) in [5, 5.41) is 3.25. The smallest absolute Gasteiger partial charge is 0.160 e. The normalized spacial score (nSPS) is 11.5. The van der Waals surface area contributed by atoms with Crippen LogP contribution in [0.25, 0.3) is 66.9 Å². The van der Waals surface area contributed by atoms with Gasteiger partial charge in [-0.3, -0.25) is 0 Å². The zero-order valence-electron chi connectivity index (χ0n) is 24.7. The second kappa shape index (κ2) is 11.5. The maximum atomic E-state index is 12.8. The molecule has 0 atom stereocenters. The third-order valence-corrected chi connectivity index (χ3v) is 9.54. The molecule has 212 valence electrons. The van der Waals surface area contributed by atoms with Gasteiger partial charge in [0, 0.05) is 22.0 Å². The minimum Gasteiger partial charge on any atom is -0.319 e. The highest BCUT2D eigenvalue weighted by Gasteiger charge is 2.15. The van der Waals surface area contributed by atoms with Crippen molar-refractivity contribution < 1.29 is 4.57 Å². The molecular formula is C40H31N2OP. The van der Waals surface area contributed by atoms with Crippen molar-refractivity contribution in [2.75, 3.05) is 13.3 Å².